The summed E-state index contributed by atoms with van der Waals surface area (Å²) in [5, 5.41) is 3.24. The van der Waals surface area contributed by atoms with Gasteiger partial charge in [-0.15, -0.1) is 0 Å². The molecule has 0 aliphatic rings. The van der Waals surface area contributed by atoms with Gasteiger partial charge >= 0.3 is 0 Å². The maximum Gasteiger partial charge on any atom is 0.255 e. The number of hydrogen-bond donors (Lipinski definition) is 2. The Bertz CT molecular complexity index is 1010. The number of rotatable bonds is 7. The number of carbonyl (C=O) groups excluding carboxylic acids is 1. The van der Waals surface area contributed by atoms with Crippen molar-refractivity contribution in [2.75, 3.05) is 0 Å². The van der Waals surface area contributed by atoms with Gasteiger partial charge in [0.05, 0.1) is 6.42 Å². The molecular weight excluding hydrogens is 379 g/mol. The number of aromatic nitrogens is 3. The fraction of sp³-hybridized carbons (Fsp3) is 0.200. The molecule has 0 radical (unpaired) electrons. The third-order valence-corrected chi connectivity index (χ3v) is 4.98. The number of H-pyrrole nitrogens is 1. The summed E-state index contributed by atoms with van der Waals surface area (Å²) in [5.41, 5.74) is 2.33. The van der Waals surface area contributed by atoms with Crippen LogP contribution in [0.15, 0.2) is 58.7 Å². The molecule has 0 spiro atoms. The highest BCUT2D eigenvalue weighted by molar-refractivity contribution is 7.98. The zero-order valence-corrected chi connectivity index (χ0v) is 16.1. The lowest BCUT2D eigenvalue weighted by molar-refractivity contribution is -0.120. The monoisotopic (exact) mass is 398 g/mol. The molecule has 1 aromatic carbocycles. The maximum absolute atomic E-state index is 13.0. The fourth-order valence-corrected chi connectivity index (χ4v) is 3.38. The van der Waals surface area contributed by atoms with Gasteiger partial charge in [-0.3, -0.25) is 14.6 Å². The lowest BCUT2D eigenvalue weighted by Gasteiger charge is -2.08. The smallest absolute Gasteiger partial charge is 0.255 e. The fourth-order valence-electron chi connectivity index (χ4n) is 2.52. The number of hydrogen-bond acceptors (Lipinski definition) is 5. The van der Waals surface area contributed by atoms with E-state index in [0.717, 1.165) is 11.1 Å². The Morgan fingerprint density at radius 1 is 1.21 bits per heavy atom. The molecule has 6 nitrogen and oxygen atoms in total. The molecule has 28 heavy (non-hydrogen) atoms. The molecule has 0 atom stereocenters. The second-order valence-corrected chi connectivity index (χ2v) is 7.13. The van der Waals surface area contributed by atoms with E-state index in [1.165, 1.54) is 23.9 Å². The van der Waals surface area contributed by atoms with Crippen molar-refractivity contribution in [1.29, 1.82) is 0 Å². The van der Waals surface area contributed by atoms with Crippen molar-refractivity contribution < 1.29 is 9.18 Å². The van der Waals surface area contributed by atoms with Crippen LogP contribution in [0.5, 0.6) is 0 Å². The Morgan fingerprint density at radius 3 is 2.68 bits per heavy atom. The van der Waals surface area contributed by atoms with Crippen molar-refractivity contribution in [3.05, 3.63) is 87.3 Å². The Morgan fingerprint density at radius 2 is 2.00 bits per heavy atom. The van der Waals surface area contributed by atoms with E-state index >= 15 is 0 Å². The zero-order valence-electron chi connectivity index (χ0n) is 15.2. The minimum absolute atomic E-state index is 0.0443. The lowest BCUT2D eigenvalue weighted by Crippen LogP contribution is -2.28. The highest BCUT2D eigenvalue weighted by atomic mass is 32.2. The van der Waals surface area contributed by atoms with E-state index in [0.29, 0.717) is 28.7 Å². The molecular formula is C20H19FN4O2S. The first-order chi connectivity index (χ1) is 13.5. The van der Waals surface area contributed by atoms with Crippen molar-refractivity contribution in [2.45, 2.75) is 30.8 Å². The van der Waals surface area contributed by atoms with Gasteiger partial charge in [0.15, 0.2) is 5.16 Å². The number of aryl methyl sites for hydroxylation is 1. The summed E-state index contributed by atoms with van der Waals surface area (Å²) in [6.07, 6.45) is 3.29. The molecule has 0 aliphatic carbocycles. The second kappa shape index (κ2) is 9.27. The van der Waals surface area contributed by atoms with Crippen molar-refractivity contribution in [3.63, 3.8) is 0 Å². The number of pyridine rings is 1. The topological polar surface area (TPSA) is 87.7 Å². The van der Waals surface area contributed by atoms with Crippen LogP contribution in [-0.2, 0) is 23.5 Å². The number of nitrogens with one attached hydrogen (secondary N) is 2. The summed E-state index contributed by atoms with van der Waals surface area (Å²) in [6, 6.07) is 9.82. The maximum atomic E-state index is 13.0. The number of benzene rings is 1. The molecule has 0 fully saturated rings. The molecule has 2 heterocycles. The van der Waals surface area contributed by atoms with Crippen molar-refractivity contribution in [1.82, 2.24) is 20.3 Å². The SMILES string of the molecule is Cc1nc(SCc2ccc(F)cc2)[nH]c(=O)c1CC(=O)NCc1cccnc1. The third kappa shape index (κ3) is 5.50. The second-order valence-electron chi connectivity index (χ2n) is 6.16. The summed E-state index contributed by atoms with van der Waals surface area (Å²) < 4.78 is 13.0. The predicted molar refractivity (Wildman–Crippen MR) is 105 cm³/mol. The Kier molecular flexibility index (Phi) is 6.54. The summed E-state index contributed by atoms with van der Waals surface area (Å²) in [6.45, 7) is 2.06. The summed E-state index contributed by atoms with van der Waals surface area (Å²) in [4.78, 5) is 35.6. The van der Waals surface area contributed by atoms with Crippen LogP contribution in [0.25, 0.3) is 0 Å². The molecule has 1 amide bonds. The quantitative estimate of drug-likeness (QED) is 0.472. The Hall–Kier alpha value is -3.00. The highest BCUT2D eigenvalue weighted by Crippen LogP contribution is 2.19. The first-order valence-electron chi connectivity index (χ1n) is 8.64. The number of amides is 1. The number of nitrogens with zero attached hydrogens (tertiary/aromatic N) is 2. The Labute approximate surface area is 165 Å². The van der Waals surface area contributed by atoms with Crippen molar-refractivity contribution in [3.8, 4) is 0 Å². The van der Waals surface area contributed by atoms with Crippen LogP contribution in [0.1, 0.15) is 22.4 Å². The zero-order chi connectivity index (χ0) is 19.9. The van der Waals surface area contributed by atoms with Gasteiger partial charge in [-0.25, -0.2) is 9.37 Å². The van der Waals surface area contributed by atoms with Gasteiger partial charge in [-0.2, -0.15) is 0 Å². The van der Waals surface area contributed by atoms with Crippen LogP contribution in [0.3, 0.4) is 0 Å². The molecule has 2 N–H and O–H groups in total. The highest BCUT2D eigenvalue weighted by Gasteiger charge is 2.13. The molecule has 0 saturated heterocycles. The molecule has 0 saturated carbocycles. The van der Waals surface area contributed by atoms with E-state index in [1.807, 2.05) is 6.07 Å². The van der Waals surface area contributed by atoms with E-state index in [2.05, 4.69) is 20.3 Å². The molecule has 2 aromatic heterocycles. The normalized spacial score (nSPS) is 10.6. The molecule has 0 aliphatic heterocycles. The molecule has 144 valence electrons. The van der Waals surface area contributed by atoms with Gasteiger partial charge in [0.2, 0.25) is 5.91 Å². The molecule has 0 bridgehead atoms. The van der Waals surface area contributed by atoms with Gasteiger partial charge in [-0.1, -0.05) is 30.0 Å². The average molecular weight is 398 g/mol. The average Bonchev–Trinajstić information content (AvgIpc) is 2.69. The molecule has 8 heteroatoms. The number of carbonyl (C=O) groups is 1. The molecule has 3 aromatic rings. The van der Waals surface area contributed by atoms with Crippen LogP contribution < -0.4 is 10.9 Å². The summed E-state index contributed by atoms with van der Waals surface area (Å²) in [5.74, 6) is 0.00129. The minimum atomic E-state index is -0.328. The summed E-state index contributed by atoms with van der Waals surface area (Å²) >= 11 is 1.35. The largest absolute Gasteiger partial charge is 0.352 e. The van der Waals surface area contributed by atoms with Crippen LogP contribution in [0.4, 0.5) is 4.39 Å². The van der Waals surface area contributed by atoms with Crippen LogP contribution >= 0.6 is 11.8 Å². The van der Waals surface area contributed by atoms with Gasteiger partial charge in [0.1, 0.15) is 5.82 Å². The minimum Gasteiger partial charge on any atom is -0.352 e. The lowest BCUT2D eigenvalue weighted by atomic mass is 10.1. The van der Waals surface area contributed by atoms with E-state index < -0.39 is 0 Å². The van der Waals surface area contributed by atoms with Crippen LogP contribution in [-0.4, -0.2) is 20.9 Å². The van der Waals surface area contributed by atoms with Gasteiger partial charge < -0.3 is 10.3 Å². The van der Waals surface area contributed by atoms with Gasteiger partial charge in [0.25, 0.3) is 5.56 Å². The Balaban J connectivity index is 1.60. The van der Waals surface area contributed by atoms with Crippen LogP contribution in [0, 0.1) is 12.7 Å². The number of aromatic amines is 1. The number of halogens is 1. The van der Waals surface area contributed by atoms with Crippen molar-refractivity contribution >= 4 is 17.7 Å². The molecule has 0 unspecified atom stereocenters. The summed E-state index contributed by atoms with van der Waals surface area (Å²) in [7, 11) is 0. The predicted octanol–water partition coefficient (Wildman–Crippen LogP) is 2.76. The van der Waals surface area contributed by atoms with E-state index in [-0.39, 0.29) is 23.7 Å². The third-order valence-electron chi connectivity index (χ3n) is 4.04. The van der Waals surface area contributed by atoms with Crippen LogP contribution in [0.2, 0.25) is 0 Å². The van der Waals surface area contributed by atoms with E-state index in [9.17, 15) is 14.0 Å². The van der Waals surface area contributed by atoms with E-state index in [1.54, 1.807) is 37.5 Å². The van der Waals surface area contributed by atoms with Gasteiger partial charge in [0, 0.05) is 35.9 Å². The van der Waals surface area contributed by atoms with E-state index in [4.69, 9.17) is 0 Å². The molecule has 3 rings (SSSR count). The first kappa shape index (κ1) is 19.8. The first-order valence-corrected chi connectivity index (χ1v) is 9.62. The standard InChI is InChI=1S/C20H19FN4O2S/c1-13-17(9-18(26)23-11-15-3-2-8-22-10-15)19(27)25-20(24-13)28-12-14-4-6-16(21)7-5-14/h2-8,10H,9,11-12H2,1H3,(H,23,26)(H,24,25,27). The van der Waals surface area contributed by atoms with Gasteiger partial charge in [-0.05, 0) is 36.2 Å². The number of thioether (sulfide) groups is 1. The van der Waals surface area contributed by atoms with Crippen molar-refractivity contribution in [2.24, 2.45) is 0 Å².